The molecule has 0 radical (unpaired) electrons. The third-order valence-electron chi connectivity index (χ3n) is 3.93. The average Bonchev–Trinajstić information content (AvgIpc) is 3.05. The summed E-state index contributed by atoms with van der Waals surface area (Å²) in [5.74, 6) is 1.35. The van der Waals surface area contributed by atoms with Gasteiger partial charge in [-0.3, -0.25) is 9.59 Å². The SMILES string of the molecule is O=C(CCS[C@@H]1CCc2ccccc2NC1=O)NCc1ccco1. The summed E-state index contributed by atoms with van der Waals surface area (Å²) in [7, 11) is 0. The molecule has 2 N–H and O–H groups in total. The van der Waals surface area contributed by atoms with E-state index in [1.165, 1.54) is 5.56 Å². The van der Waals surface area contributed by atoms with Crippen LogP contribution >= 0.6 is 11.8 Å². The van der Waals surface area contributed by atoms with Crippen molar-refractivity contribution in [1.82, 2.24) is 5.32 Å². The molecule has 5 nitrogen and oxygen atoms in total. The Bertz CT molecular complexity index is 700. The lowest BCUT2D eigenvalue weighted by Crippen LogP contribution is -2.26. The highest BCUT2D eigenvalue weighted by Gasteiger charge is 2.23. The molecule has 1 aromatic heterocycles. The maximum absolute atomic E-state index is 12.3. The van der Waals surface area contributed by atoms with Gasteiger partial charge in [-0.2, -0.15) is 0 Å². The number of rotatable bonds is 6. The number of hydrogen-bond donors (Lipinski definition) is 2. The molecule has 0 aliphatic carbocycles. The fraction of sp³-hybridized carbons (Fsp3) is 0.333. The second-order valence-corrected chi connectivity index (χ2v) is 6.96. The summed E-state index contributed by atoms with van der Waals surface area (Å²) in [4.78, 5) is 24.1. The van der Waals surface area contributed by atoms with E-state index in [0.29, 0.717) is 18.7 Å². The number of benzene rings is 1. The smallest absolute Gasteiger partial charge is 0.237 e. The van der Waals surface area contributed by atoms with Crippen LogP contribution in [0.2, 0.25) is 0 Å². The Labute approximate surface area is 145 Å². The zero-order chi connectivity index (χ0) is 16.8. The molecule has 0 unspecified atom stereocenters. The fourth-order valence-corrected chi connectivity index (χ4v) is 3.71. The molecule has 24 heavy (non-hydrogen) atoms. The number of hydrogen-bond acceptors (Lipinski definition) is 4. The Morgan fingerprint density at radius 1 is 1.29 bits per heavy atom. The molecule has 1 aliphatic heterocycles. The first-order chi connectivity index (χ1) is 11.7. The predicted octanol–water partition coefficient (Wildman–Crippen LogP) is 2.97. The van der Waals surface area contributed by atoms with E-state index in [0.717, 1.165) is 24.3 Å². The number of amides is 2. The number of fused-ring (bicyclic) bond motifs is 1. The number of thioether (sulfide) groups is 1. The van der Waals surface area contributed by atoms with E-state index < -0.39 is 0 Å². The number of nitrogens with one attached hydrogen (secondary N) is 2. The third-order valence-corrected chi connectivity index (χ3v) is 5.22. The molecule has 0 fully saturated rings. The molecule has 0 spiro atoms. The van der Waals surface area contributed by atoms with Crippen LogP contribution in [0.4, 0.5) is 5.69 Å². The van der Waals surface area contributed by atoms with Gasteiger partial charge in [0.05, 0.1) is 18.1 Å². The van der Waals surface area contributed by atoms with E-state index in [4.69, 9.17) is 4.42 Å². The molecular weight excluding hydrogens is 324 g/mol. The predicted molar refractivity (Wildman–Crippen MR) is 94.8 cm³/mol. The van der Waals surface area contributed by atoms with Crippen molar-refractivity contribution in [3.63, 3.8) is 0 Å². The van der Waals surface area contributed by atoms with Gasteiger partial charge in [0.2, 0.25) is 11.8 Å². The first-order valence-electron chi connectivity index (χ1n) is 8.02. The van der Waals surface area contributed by atoms with Gasteiger partial charge in [0.1, 0.15) is 5.76 Å². The zero-order valence-electron chi connectivity index (χ0n) is 13.3. The van der Waals surface area contributed by atoms with Crippen molar-refractivity contribution in [2.75, 3.05) is 11.1 Å². The molecule has 0 bridgehead atoms. The number of carbonyl (C=O) groups is 2. The lowest BCUT2D eigenvalue weighted by atomic mass is 10.1. The molecule has 126 valence electrons. The molecular formula is C18H20N2O3S. The normalized spacial score (nSPS) is 16.8. The number of anilines is 1. The van der Waals surface area contributed by atoms with Crippen LogP contribution in [0.3, 0.4) is 0 Å². The van der Waals surface area contributed by atoms with E-state index in [2.05, 4.69) is 10.6 Å². The summed E-state index contributed by atoms with van der Waals surface area (Å²) in [6.07, 6.45) is 3.64. The second kappa shape index (κ2) is 8.06. The minimum atomic E-state index is -0.115. The number of furan rings is 1. The van der Waals surface area contributed by atoms with Crippen LogP contribution < -0.4 is 10.6 Å². The highest BCUT2D eigenvalue weighted by Crippen LogP contribution is 2.27. The Balaban J connectivity index is 1.42. The average molecular weight is 344 g/mol. The topological polar surface area (TPSA) is 71.3 Å². The Kier molecular flexibility index (Phi) is 5.59. The van der Waals surface area contributed by atoms with E-state index in [9.17, 15) is 9.59 Å². The van der Waals surface area contributed by atoms with Gasteiger partial charge in [-0.1, -0.05) is 18.2 Å². The molecule has 2 heterocycles. The summed E-state index contributed by atoms with van der Waals surface area (Å²) in [6.45, 7) is 0.399. The molecule has 6 heteroatoms. The van der Waals surface area contributed by atoms with Crippen molar-refractivity contribution in [3.05, 3.63) is 54.0 Å². The van der Waals surface area contributed by atoms with E-state index >= 15 is 0 Å². The largest absolute Gasteiger partial charge is 0.467 e. The zero-order valence-corrected chi connectivity index (χ0v) is 14.1. The monoisotopic (exact) mass is 344 g/mol. The van der Waals surface area contributed by atoms with E-state index in [-0.39, 0.29) is 17.1 Å². The van der Waals surface area contributed by atoms with Gasteiger partial charge in [0.25, 0.3) is 0 Å². The highest BCUT2D eigenvalue weighted by atomic mass is 32.2. The Hall–Kier alpha value is -2.21. The van der Waals surface area contributed by atoms with Crippen LogP contribution in [0.1, 0.15) is 24.2 Å². The standard InChI is InChI=1S/C18H20N2O3S/c21-17(19-12-14-5-3-10-23-14)9-11-24-16-8-7-13-4-1-2-6-15(13)20-18(16)22/h1-6,10,16H,7-9,11-12H2,(H,19,21)(H,20,22)/t16-/m1/s1. The van der Waals surface area contributed by atoms with Gasteiger partial charge in [0.15, 0.2) is 0 Å². The van der Waals surface area contributed by atoms with Crippen LogP contribution in [-0.4, -0.2) is 22.8 Å². The highest BCUT2D eigenvalue weighted by molar-refractivity contribution is 8.00. The first kappa shape index (κ1) is 16.6. The van der Waals surface area contributed by atoms with Gasteiger partial charge in [-0.15, -0.1) is 11.8 Å². The van der Waals surface area contributed by atoms with Crippen molar-refractivity contribution in [2.45, 2.75) is 31.1 Å². The molecule has 1 atom stereocenters. The van der Waals surface area contributed by atoms with Gasteiger partial charge in [-0.25, -0.2) is 0 Å². The lowest BCUT2D eigenvalue weighted by Gasteiger charge is -2.12. The molecule has 3 rings (SSSR count). The maximum atomic E-state index is 12.3. The van der Waals surface area contributed by atoms with Crippen molar-refractivity contribution >= 4 is 29.3 Å². The Morgan fingerprint density at radius 3 is 3.00 bits per heavy atom. The van der Waals surface area contributed by atoms with Crippen LogP contribution in [-0.2, 0) is 22.6 Å². The van der Waals surface area contributed by atoms with Crippen LogP contribution in [0.15, 0.2) is 47.1 Å². The summed E-state index contributed by atoms with van der Waals surface area (Å²) in [5.41, 5.74) is 2.08. The fourth-order valence-electron chi connectivity index (χ4n) is 2.63. The summed E-state index contributed by atoms with van der Waals surface area (Å²) >= 11 is 1.54. The van der Waals surface area contributed by atoms with Crippen LogP contribution in [0, 0.1) is 0 Å². The molecule has 1 aliphatic rings. The minimum Gasteiger partial charge on any atom is -0.467 e. The number of aryl methyl sites for hydroxylation is 1. The van der Waals surface area contributed by atoms with Crippen molar-refractivity contribution < 1.29 is 14.0 Å². The third kappa shape index (κ3) is 4.41. The Morgan fingerprint density at radius 2 is 2.17 bits per heavy atom. The first-order valence-corrected chi connectivity index (χ1v) is 9.07. The molecule has 0 saturated carbocycles. The second-order valence-electron chi connectivity index (χ2n) is 5.65. The summed E-state index contributed by atoms with van der Waals surface area (Å²) in [6, 6.07) is 11.5. The molecule has 2 amide bonds. The lowest BCUT2D eigenvalue weighted by molar-refractivity contribution is -0.121. The summed E-state index contributed by atoms with van der Waals surface area (Å²) < 4.78 is 5.17. The molecule has 0 saturated heterocycles. The van der Waals surface area contributed by atoms with Crippen molar-refractivity contribution in [3.8, 4) is 0 Å². The van der Waals surface area contributed by atoms with E-state index in [1.807, 2.05) is 30.3 Å². The van der Waals surface area contributed by atoms with Gasteiger partial charge in [-0.05, 0) is 36.6 Å². The van der Waals surface area contributed by atoms with Gasteiger partial charge >= 0.3 is 0 Å². The quantitative estimate of drug-likeness (QED) is 0.845. The van der Waals surface area contributed by atoms with Gasteiger partial charge in [0, 0.05) is 17.9 Å². The number of carbonyl (C=O) groups excluding carboxylic acids is 2. The van der Waals surface area contributed by atoms with Gasteiger partial charge < -0.3 is 15.1 Å². The molecule has 1 aromatic carbocycles. The van der Waals surface area contributed by atoms with Crippen molar-refractivity contribution in [1.29, 1.82) is 0 Å². The van der Waals surface area contributed by atoms with Crippen molar-refractivity contribution in [2.24, 2.45) is 0 Å². The maximum Gasteiger partial charge on any atom is 0.237 e. The number of para-hydroxylation sites is 1. The summed E-state index contributed by atoms with van der Waals surface area (Å²) in [5, 5.41) is 5.68. The molecule has 2 aromatic rings. The van der Waals surface area contributed by atoms with Crippen LogP contribution in [0.25, 0.3) is 0 Å². The van der Waals surface area contributed by atoms with Crippen LogP contribution in [0.5, 0.6) is 0 Å². The van der Waals surface area contributed by atoms with E-state index in [1.54, 1.807) is 24.1 Å². The minimum absolute atomic E-state index is 0.0287.